The fourth-order valence-corrected chi connectivity index (χ4v) is 5.21. The van der Waals surface area contributed by atoms with Crippen molar-refractivity contribution < 1.29 is 23.8 Å². The van der Waals surface area contributed by atoms with Gasteiger partial charge in [-0.15, -0.1) is 0 Å². The molecule has 0 saturated carbocycles. The Labute approximate surface area is 150 Å². The average molecular weight is 374 g/mol. The van der Waals surface area contributed by atoms with Crippen LogP contribution >= 0.6 is 0 Å². The minimum Gasteiger partial charge on any atom is -0.459 e. The van der Waals surface area contributed by atoms with Crippen LogP contribution in [0.1, 0.15) is 41.5 Å². The quantitative estimate of drug-likeness (QED) is 0.252. The van der Waals surface area contributed by atoms with Gasteiger partial charge in [-0.3, -0.25) is 4.79 Å². The summed E-state index contributed by atoms with van der Waals surface area (Å²) in [6.07, 6.45) is -3.60. The van der Waals surface area contributed by atoms with Gasteiger partial charge in [0.05, 0.1) is 6.10 Å². The molecule has 0 amide bonds. The van der Waals surface area contributed by atoms with E-state index in [2.05, 4.69) is 50.8 Å². The molecule has 0 aromatic rings. The summed E-state index contributed by atoms with van der Waals surface area (Å²) in [6, 6.07) is -0.949. The van der Waals surface area contributed by atoms with Gasteiger partial charge in [0.1, 0.15) is 18.2 Å². The first-order valence-corrected chi connectivity index (χ1v) is 11.5. The maximum absolute atomic E-state index is 11.4. The number of hydrogen-bond acceptors (Lipinski definition) is 6. The first-order valence-electron chi connectivity index (χ1n) is 8.58. The molecule has 0 aromatic carbocycles. The van der Waals surface area contributed by atoms with Gasteiger partial charge in [-0.25, -0.2) is 0 Å². The lowest BCUT2D eigenvalue weighted by Gasteiger charge is -2.48. The normalized spacial score (nSPS) is 30.7. The van der Waals surface area contributed by atoms with Crippen molar-refractivity contribution in [2.24, 2.45) is 11.0 Å². The number of hydrogen-bond donors (Lipinski definition) is 1. The second kappa shape index (κ2) is 8.05. The summed E-state index contributed by atoms with van der Waals surface area (Å²) in [5.41, 5.74) is 8.92. The van der Waals surface area contributed by atoms with Gasteiger partial charge >= 0.3 is 5.97 Å². The molecule has 1 saturated heterocycles. The van der Waals surface area contributed by atoms with Crippen molar-refractivity contribution >= 4 is 14.3 Å². The van der Waals surface area contributed by atoms with E-state index in [-0.39, 0.29) is 5.04 Å². The van der Waals surface area contributed by atoms with Crippen molar-refractivity contribution in [3.05, 3.63) is 10.4 Å². The molecule has 5 atom stereocenters. The highest BCUT2D eigenvalue weighted by atomic mass is 28.4. The predicted octanol–water partition coefficient (Wildman–Crippen LogP) is 3.36. The molecular formula is C16H31N3O5Si. The maximum Gasteiger partial charge on any atom is 0.303 e. The Bertz CT molecular complexity index is 534. The van der Waals surface area contributed by atoms with E-state index >= 15 is 0 Å². The van der Waals surface area contributed by atoms with E-state index in [0.29, 0.717) is 5.92 Å². The number of carbonyl (C=O) groups is 1. The van der Waals surface area contributed by atoms with Crippen LogP contribution in [0.3, 0.4) is 0 Å². The Morgan fingerprint density at radius 1 is 1.40 bits per heavy atom. The van der Waals surface area contributed by atoms with Crippen molar-refractivity contribution in [3.8, 4) is 0 Å². The van der Waals surface area contributed by atoms with Gasteiger partial charge in [0.15, 0.2) is 14.6 Å². The molecule has 1 N–H and O–H groups in total. The molecule has 1 rings (SSSR count). The number of ether oxygens (including phenoxy) is 2. The largest absolute Gasteiger partial charge is 0.459 e. The molecule has 25 heavy (non-hydrogen) atoms. The number of nitrogens with zero attached hydrogens (tertiary/aromatic N) is 3. The van der Waals surface area contributed by atoms with Crippen LogP contribution in [0.15, 0.2) is 5.11 Å². The van der Waals surface area contributed by atoms with Crippen LogP contribution in [0.25, 0.3) is 10.4 Å². The number of aliphatic hydroxyl groups excluding tert-OH is 1. The van der Waals surface area contributed by atoms with Gasteiger partial charge in [0.25, 0.3) is 0 Å². The molecule has 1 aliphatic rings. The minimum absolute atomic E-state index is 0.0759. The van der Waals surface area contributed by atoms with E-state index in [9.17, 15) is 9.90 Å². The summed E-state index contributed by atoms with van der Waals surface area (Å²) in [7, 11) is -2.30. The van der Waals surface area contributed by atoms with Gasteiger partial charge in [-0.2, -0.15) is 0 Å². The van der Waals surface area contributed by atoms with Crippen molar-refractivity contribution in [2.45, 2.75) is 90.3 Å². The predicted molar refractivity (Wildman–Crippen MR) is 96.3 cm³/mol. The number of esters is 1. The van der Waals surface area contributed by atoms with Crippen LogP contribution < -0.4 is 0 Å². The van der Waals surface area contributed by atoms with Crippen LogP contribution in [0.4, 0.5) is 0 Å². The highest BCUT2D eigenvalue weighted by Gasteiger charge is 2.51. The zero-order chi connectivity index (χ0) is 19.6. The molecule has 9 heteroatoms. The Kier molecular flexibility index (Phi) is 7.06. The first kappa shape index (κ1) is 21.9. The highest BCUT2D eigenvalue weighted by Crippen LogP contribution is 2.46. The van der Waals surface area contributed by atoms with Crippen LogP contribution in [0.5, 0.6) is 0 Å². The lowest BCUT2D eigenvalue weighted by atomic mass is 9.98. The zero-order valence-electron chi connectivity index (χ0n) is 16.4. The summed E-state index contributed by atoms with van der Waals surface area (Å²) in [4.78, 5) is 14.2. The average Bonchev–Trinajstić information content (AvgIpc) is 2.47. The molecule has 1 fully saturated rings. The molecule has 2 unspecified atom stereocenters. The van der Waals surface area contributed by atoms with Crippen molar-refractivity contribution in [1.82, 2.24) is 0 Å². The van der Waals surface area contributed by atoms with Crippen LogP contribution in [0.2, 0.25) is 18.1 Å². The lowest BCUT2D eigenvalue weighted by molar-refractivity contribution is -0.237. The van der Waals surface area contributed by atoms with E-state index in [0.717, 1.165) is 0 Å². The van der Waals surface area contributed by atoms with E-state index < -0.39 is 44.9 Å². The smallest absolute Gasteiger partial charge is 0.303 e. The molecule has 0 radical (unpaired) electrons. The standard InChI is InChI=1S/C16H31N3O5Si/c1-9(2)16(5,6)25(7,8)24-15-12(18-19-17)14(23-11(4)20)13(21)10(3)22-15/h9-10,12-15,21H,1-8H3/t10?,12-,13+,14?,15-/m0/s1. The van der Waals surface area contributed by atoms with Crippen molar-refractivity contribution in [1.29, 1.82) is 0 Å². The van der Waals surface area contributed by atoms with Gasteiger partial charge in [-0.1, -0.05) is 32.8 Å². The van der Waals surface area contributed by atoms with Crippen LogP contribution in [-0.4, -0.2) is 50.0 Å². The Morgan fingerprint density at radius 2 is 1.96 bits per heavy atom. The Balaban J connectivity index is 3.18. The van der Waals surface area contributed by atoms with Gasteiger partial charge in [-0.05, 0) is 36.5 Å². The third kappa shape index (κ3) is 4.74. The fourth-order valence-electron chi connectivity index (χ4n) is 2.74. The Morgan fingerprint density at radius 3 is 2.40 bits per heavy atom. The second-order valence-corrected chi connectivity index (χ2v) is 12.5. The highest BCUT2D eigenvalue weighted by molar-refractivity contribution is 6.74. The molecule has 0 spiro atoms. The monoisotopic (exact) mass is 373 g/mol. The second-order valence-electron chi connectivity index (χ2n) is 7.97. The van der Waals surface area contributed by atoms with Crippen LogP contribution in [0, 0.1) is 5.92 Å². The molecule has 1 aliphatic heterocycles. The molecule has 0 aromatic heterocycles. The van der Waals surface area contributed by atoms with Gasteiger partial charge in [0.2, 0.25) is 0 Å². The van der Waals surface area contributed by atoms with E-state index in [1.165, 1.54) is 6.92 Å². The van der Waals surface area contributed by atoms with E-state index in [4.69, 9.17) is 19.4 Å². The maximum atomic E-state index is 11.4. The van der Waals surface area contributed by atoms with Crippen LogP contribution in [-0.2, 0) is 18.7 Å². The number of carbonyl (C=O) groups excluding carboxylic acids is 1. The molecule has 8 nitrogen and oxygen atoms in total. The van der Waals surface area contributed by atoms with Gasteiger partial charge in [0, 0.05) is 11.8 Å². The Hall–Kier alpha value is -1.12. The zero-order valence-corrected chi connectivity index (χ0v) is 17.4. The lowest BCUT2D eigenvalue weighted by Crippen LogP contribution is -2.61. The minimum atomic E-state index is -2.30. The summed E-state index contributed by atoms with van der Waals surface area (Å²) in [5, 5.41) is 14.0. The molecular weight excluding hydrogens is 342 g/mol. The third-order valence-corrected chi connectivity index (χ3v) is 10.2. The third-order valence-electron chi connectivity index (χ3n) is 5.67. The summed E-state index contributed by atoms with van der Waals surface area (Å²) < 4.78 is 17.4. The topological polar surface area (TPSA) is 114 Å². The van der Waals surface area contributed by atoms with Crippen molar-refractivity contribution in [3.63, 3.8) is 0 Å². The molecule has 1 heterocycles. The number of azide groups is 1. The first-order chi connectivity index (χ1) is 11.3. The molecule has 0 bridgehead atoms. The summed E-state index contributed by atoms with van der Waals surface area (Å²) in [6.45, 7) is 15.7. The summed E-state index contributed by atoms with van der Waals surface area (Å²) >= 11 is 0. The van der Waals surface area contributed by atoms with E-state index in [1.54, 1.807) is 6.92 Å². The fraction of sp³-hybridized carbons (Fsp3) is 0.938. The molecule has 144 valence electrons. The van der Waals surface area contributed by atoms with Gasteiger partial charge < -0.3 is 19.0 Å². The number of aliphatic hydroxyl groups is 1. The SMILES string of the molecule is CC(=O)OC1[C@H](O)C(C)O[C@@H](O[Si](C)(C)C(C)(C)C(C)C)[C@H]1N=[N+]=[N-]. The molecule has 0 aliphatic carbocycles. The van der Waals surface area contributed by atoms with Crippen molar-refractivity contribution in [2.75, 3.05) is 0 Å². The number of rotatable bonds is 6. The summed E-state index contributed by atoms with van der Waals surface area (Å²) in [5.74, 6) is -0.183. The van der Waals surface area contributed by atoms with E-state index in [1.807, 2.05) is 0 Å².